The van der Waals surface area contributed by atoms with E-state index in [9.17, 15) is 0 Å². The summed E-state index contributed by atoms with van der Waals surface area (Å²) in [7, 11) is 0. The average molecular weight is 451 g/mol. The highest BCUT2D eigenvalue weighted by Crippen LogP contribution is 2.37. The van der Waals surface area contributed by atoms with E-state index in [2.05, 4.69) is 95.3 Å². The number of hydrogen-bond acceptors (Lipinski definition) is 3. The molecule has 0 bridgehead atoms. The number of rotatable bonds is 4. The smallest absolute Gasteiger partial charge is 0.0790 e. The Morgan fingerprint density at radius 3 is 2.39 bits per heavy atom. The van der Waals surface area contributed by atoms with Gasteiger partial charge in [-0.2, -0.15) is 0 Å². The number of benzene rings is 2. The summed E-state index contributed by atoms with van der Waals surface area (Å²) in [5, 5.41) is 3.81. The molecule has 3 aromatic heterocycles. The Hall–Kier alpha value is -3.04. The summed E-state index contributed by atoms with van der Waals surface area (Å²) < 4.78 is 1.30. The van der Waals surface area contributed by atoms with E-state index in [4.69, 9.17) is 9.97 Å². The summed E-state index contributed by atoms with van der Waals surface area (Å²) in [6, 6.07) is 22.0. The number of aromatic nitrogens is 2. The molecule has 0 N–H and O–H groups in total. The Kier molecular flexibility index (Phi) is 5.54. The molecule has 166 valence electrons. The van der Waals surface area contributed by atoms with Crippen LogP contribution in [-0.2, 0) is 11.8 Å². The van der Waals surface area contributed by atoms with Crippen molar-refractivity contribution >= 4 is 32.2 Å². The fraction of sp³-hybridized carbons (Fsp3) is 0.267. The SMILES string of the molecule is CC(C)Cc1cc2c(-c3ccnc(-c4cc(C(C)(C)C)c5ccccc5c4)c3)nccc2s1. The molecule has 0 aliphatic rings. The molecule has 0 aliphatic carbocycles. The van der Waals surface area contributed by atoms with Crippen LogP contribution in [0.5, 0.6) is 0 Å². The first-order chi connectivity index (χ1) is 15.8. The zero-order valence-corrected chi connectivity index (χ0v) is 20.8. The van der Waals surface area contributed by atoms with Crippen molar-refractivity contribution in [2.24, 2.45) is 5.92 Å². The summed E-state index contributed by atoms with van der Waals surface area (Å²) in [6.45, 7) is 11.4. The summed E-state index contributed by atoms with van der Waals surface area (Å²) in [6.07, 6.45) is 4.95. The fourth-order valence-electron chi connectivity index (χ4n) is 4.56. The second-order valence-corrected chi connectivity index (χ2v) is 11.5. The third-order valence-electron chi connectivity index (χ3n) is 6.10. The fourth-order valence-corrected chi connectivity index (χ4v) is 5.83. The van der Waals surface area contributed by atoms with Crippen LogP contribution in [0.3, 0.4) is 0 Å². The van der Waals surface area contributed by atoms with E-state index in [0.717, 1.165) is 28.9 Å². The lowest BCUT2D eigenvalue weighted by molar-refractivity contribution is 0.596. The van der Waals surface area contributed by atoms with Gasteiger partial charge in [0.25, 0.3) is 0 Å². The summed E-state index contributed by atoms with van der Waals surface area (Å²) in [5.74, 6) is 0.645. The summed E-state index contributed by atoms with van der Waals surface area (Å²) in [4.78, 5) is 11.0. The van der Waals surface area contributed by atoms with E-state index in [-0.39, 0.29) is 5.41 Å². The van der Waals surface area contributed by atoms with Crippen molar-refractivity contribution in [2.75, 3.05) is 0 Å². The molecule has 0 saturated carbocycles. The molecule has 5 rings (SSSR count). The van der Waals surface area contributed by atoms with Crippen LogP contribution in [0.25, 0.3) is 43.4 Å². The van der Waals surface area contributed by atoms with Gasteiger partial charge in [-0.25, -0.2) is 0 Å². The molecule has 3 heteroatoms. The summed E-state index contributed by atoms with van der Waals surface area (Å²) in [5.41, 5.74) is 5.69. The average Bonchev–Trinajstić information content (AvgIpc) is 3.19. The number of nitrogens with zero attached hydrogens (tertiary/aromatic N) is 2. The highest BCUT2D eigenvalue weighted by molar-refractivity contribution is 7.19. The van der Waals surface area contributed by atoms with Crippen LogP contribution in [0.4, 0.5) is 0 Å². The first-order valence-electron chi connectivity index (χ1n) is 11.7. The molecule has 0 atom stereocenters. The third kappa shape index (κ3) is 4.30. The maximum absolute atomic E-state index is 4.79. The standard InChI is InChI=1S/C30H30N2S/c1-19(2)14-23-18-25-28(33-23)11-13-32-29(25)21-10-12-31-27(17-21)22-15-20-8-6-7-9-24(20)26(16-22)30(3,4)5/h6-13,15-19H,14H2,1-5H3. The molecular formula is C30H30N2S. The zero-order valence-electron chi connectivity index (χ0n) is 20.0. The number of thiophene rings is 1. The molecule has 33 heavy (non-hydrogen) atoms. The first-order valence-corrected chi connectivity index (χ1v) is 12.5. The van der Waals surface area contributed by atoms with Crippen molar-refractivity contribution in [3.63, 3.8) is 0 Å². The molecule has 0 fully saturated rings. The van der Waals surface area contributed by atoms with Crippen molar-refractivity contribution in [1.82, 2.24) is 9.97 Å². The molecule has 0 saturated heterocycles. The van der Waals surface area contributed by atoms with Crippen LogP contribution >= 0.6 is 11.3 Å². The Bertz CT molecular complexity index is 1450. The second kappa shape index (κ2) is 8.39. The predicted octanol–water partition coefficient (Wildman–Crippen LogP) is 8.67. The van der Waals surface area contributed by atoms with Crippen molar-refractivity contribution in [3.8, 4) is 22.5 Å². The van der Waals surface area contributed by atoms with Gasteiger partial charge in [0.05, 0.1) is 11.4 Å². The van der Waals surface area contributed by atoms with E-state index in [0.29, 0.717) is 5.92 Å². The minimum atomic E-state index is 0.0455. The maximum atomic E-state index is 4.79. The van der Waals surface area contributed by atoms with E-state index in [1.807, 2.05) is 23.7 Å². The van der Waals surface area contributed by atoms with Crippen LogP contribution in [0, 0.1) is 5.92 Å². The van der Waals surface area contributed by atoms with E-state index in [1.54, 1.807) is 0 Å². The van der Waals surface area contributed by atoms with Gasteiger partial charge in [-0.15, -0.1) is 11.3 Å². The van der Waals surface area contributed by atoms with Crippen molar-refractivity contribution in [2.45, 2.75) is 46.5 Å². The first kappa shape index (κ1) is 21.8. The van der Waals surface area contributed by atoms with Crippen molar-refractivity contribution in [1.29, 1.82) is 0 Å². The predicted molar refractivity (Wildman–Crippen MR) is 143 cm³/mol. The molecule has 0 unspecified atom stereocenters. The van der Waals surface area contributed by atoms with Crippen LogP contribution < -0.4 is 0 Å². The lowest BCUT2D eigenvalue weighted by Gasteiger charge is -2.22. The van der Waals surface area contributed by atoms with Crippen LogP contribution in [0.2, 0.25) is 0 Å². The Balaban J connectivity index is 1.64. The molecule has 0 radical (unpaired) electrons. The number of fused-ring (bicyclic) bond motifs is 2. The zero-order chi connectivity index (χ0) is 23.2. The van der Waals surface area contributed by atoms with Crippen LogP contribution in [0.1, 0.15) is 45.1 Å². The number of pyridine rings is 2. The van der Waals surface area contributed by atoms with Gasteiger partial charge in [0.2, 0.25) is 0 Å². The lowest BCUT2D eigenvalue weighted by atomic mass is 9.82. The van der Waals surface area contributed by atoms with Crippen LogP contribution in [-0.4, -0.2) is 9.97 Å². The van der Waals surface area contributed by atoms with E-state index in [1.165, 1.54) is 31.3 Å². The molecule has 0 aliphatic heterocycles. The molecular weight excluding hydrogens is 420 g/mol. The van der Waals surface area contributed by atoms with Gasteiger partial charge in [-0.05, 0) is 70.5 Å². The monoisotopic (exact) mass is 450 g/mol. The minimum absolute atomic E-state index is 0.0455. The third-order valence-corrected chi connectivity index (χ3v) is 7.23. The largest absolute Gasteiger partial charge is 0.256 e. The molecule has 0 spiro atoms. The highest BCUT2D eigenvalue weighted by Gasteiger charge is 2.19. The maximum Gasteiger partial charge on any atom is 0.0790 e. The van der Waals surface area contributed by atoms with Gasteiger partial charge in [0.15, 0.2) is 0 Å². The lowest BCUT2D eigenvalue weighted by Crippen LogP contribution is -2.12. The Morgan fingerprint density at radius 2 is 1.61 bits per heavy atom. The second-order valence-electron chi connectivity index (χ2n) is 10.3. The summed E-state index contributed by atoms with van der Waals surface area (Å²) >= 11 is 1.89. The quantitative estimate of drug-likeness (QED) is 0.274. The minimum Gasteiger partial charge on any atom is -0.256 e. The topological polar surface area (TPSA) is 25.8 Å². The molecule has 2 aromatic carbocycles. The molecule has 5 aromatic rings. The van der Waals surface area contributed by atoms with Crippen LogP contribution in [0.15, 0.2) is 73.1 Å². The van der Waals surface area contributed by atoms with Crippen molar-refractivity contribution < 1.29 is 0 Å². The van der Waals surface area contributed by atoms with Gasteiger partial charge in [-0.1, -0.05) is 58.9 Å². The Morgan fingerprint density at radius 1 is 0.818 bits per heavy atom. The van der Waals surface area contributed by atoms with Gasteiger partial charge < -0.3 is 0 Å². The van der Waals surface area contributed by atoms with Gasteiger partial charge in [-0.3, -0.25) is 9.97 Å². The molecule has 0 amide bonds. The van der Waals surface area contributed by atoms with Gasteiger partial charge in [0.1, 0.15) is 0 Å². The van der Waals surface area contributed by atoms with Gasteiger partial charge >= 0.3 is 0 Å². The Labute approximate surface area is 200 Å². The molecule has 3 heterocycles. The van der Waals surface area contributed by atoms with E-state index < -0.39 is 0 Å². The number of hydrogen-bond donors (Lipinski definition) is 0. The normalized spacial score (nSPS) is 12.2. The van der Waals surface area contributed by atoms with Crippen molar-refractivity contribution in [3.05, 3.63) is 83.5 Å². The van der Waals surface area contributed by atoms with E-state index >= 15 is 0 Å². The highest BCUT2D eigenvalue weighted by atomic mass is 32.1. The van der Waals surface area contributed by atoms with Gasteiger partial charge in [0, 0.05) is 38.5 Å². The molecule has 2 nitrogen and oxygen atoms in total.